The number of nitrogens with zero attached hydrogens (tertiary/aromatic N) is 3. The summed E-state index contributed by atoms with van der Waals surface area (Å²) in [6, 6.07) is 22.4. The van der Waals surface area contributed by atoms with Crippen LogP contribution >= 0.6 is 0 Å². The van der Waals surface area contributed by atoms with Crippen molar-refractivity contribution in [2.24, 2.45) is 0 Å². The molecule has 3 aromatic carbocycles. The molecule has 0 atom stereocenters. The van der Waals surface area contributed by atoms with Crippen molar-refractivity contribution >= 4 is 45.7 Å². The highest BCUT2D eigenvalue weighted by Crippen LogP contribution is 2.32. The molecule has 3 heterocycles. The molecule has 1 aromatic heterocycles. The molecular weight excluding hydrogens is 514 g/mol. The van der Waals surface area contributed by atoms with E-state index in [-0.39, 0.29) is 18.0 Å². The topological polar surface area (TPSA) is 86.8 Å². The van der Waals surface area contributed by atoms with Gasteiger partial charge in [0.2, 0.25) is 0 Å². The van der Waals surface area contributed by atoms with Crippen molar-refractivity contribution in [2.75, 3.05) is 42.3 Å². The predicted octanol–water partition coefficient (Wildman–Crippen LogP) is 6.44. The van der Waals surface area contributed by atoms with Gasteiger partial charge < -0.3 is 25.2 Å². The number of esters is 1. The molecule has 0 radical (unpaired) electrons. The second-order valence-corrected chi connectivity index (χ2v) is 10.9. The lowest BCUT2D eigenvalue weighted by Gasteiger charge is -2.39. The van der Waals surface area contributed by atoms with Gasteiger partial charge in [0.25, 0.3) is 0 Å². The van der Waals surface area contributed by atoms with Crippen LogP contribution in [0, 0.1) is 13.8 Å². The first-order valence-corrected chi connectivity index (χ1v) is 14.2. The van der Waals surface area contributed by atoms with Gasteiger partial charge in [-0.15, -0.1) is 0 Å². The normalized spacial score (nSPS) is 15.7. The number of pyridine rings is 1. The summed E-state index contributed by atoms with van der Waals surface area (Å²) >= 11 is 0. The molecule has 0 bridgehead atoms. The number of aromatic nitrogens is 1. The lowest BCUT2D eigenvalue weighted by Crippen LogP contribution is -2.48. The van der Waals surface area contributed by atoms with Crippen LogP contribution in [0.5, 0.6) is 0 Å². The van der Waals surface area contributed by atoms with E-state index < -0.39 is 0 Å². The average molecular weight is 550 g/mol. The van der Waals surface area contributed by atoms with E-state index in [2.05, 4.69) is 45.9 Å². The number of para-hydroxylation sites is 1. The van der Waals surface area contributed by atoms with E-state index in [4.69, 9.17) is 9.72 Å². The Labute approximate surface area is 240 Å². The molecule has 4 aromatic rings. The third-order valence-electron chi connectivity index (χ3n) is 8.21. The van der Waals surface area contributed by atoms with Crippen LogP contribution in [0.1, 0.15) is 40.0 Å². The third-order valence-corrected chi connectivity index (χ3v) is 8.21. The van der Waals surface area contributed by atoms with Crippen molar-refractivity contribution in [1.29, 1.82) is 0 Å². The average Bonchev–Trinajstić information content (AvgIpc) is 3.15. The van der Waals surface area contributed by atoms with Gasteiger partial charge in [-0.2, -0.15) is 0 Å². The molecular formula is C33H35N5O3. The standard InChI is InChI=1S/C33H35N5O3/c1-21-18-24(32(39)41-3)20-28-30(19-22(2)34-31(21)28)35-25-8-10-26(11-9-25)37-15-13-27(14-16-37)38-17-12-23-6-4-5-7-29(23)36-33(38)40/h4-11,18-20,27H,12-17H2,1-3H3,(H,34,35)(H,36,40). The van der Waals surface area contributed by atoms with Crippen molar-refractivity contribution in [1.82, 2.24) is 9.88 Å². The minimum atomic E-state index is -0.365. The number of rotatable bonds is 5. The zero-order valence-electron chi connectivity index (χ0n) is 23.7. The van der Waals surface area contributed by atoms with Gasteiger partial charge >= 0.3 is 12.0 Å². The zero-order chi connectivity index (χ0) is 28.5. The summed E-state index contributed by atoms with van der Waals surface area (Å²) in [7, 11) is 1.39. The number of ether oxygens (including phenoxy) is 1. The number of benzene rings is 3. The highest BCUT2D eigenvalue weighted by molar-refractivity contribution is 6.01. The summed E-state index contributed by atoms with van der Waals surface area (Å²) < 4.78 is 4.95. The van der Waals surface area contributed by atoms with Gasteiger partial charge in [0.1, 0.15) is 0 Å². The van der Waals surface area contributed by atoms with Gasteiger partial charge in [-0.1, -0.05) is 18.2 Å². The molecule has 0 spiro atoms. The van der Waals surface area contributed by atoms with Crippen molar-refractivity contribution in [3.8, 4) is 0 Å². The zero-order valence-corrected chi connectivity index (χ0v) is 23.7. The van der Waals surface area contributed by atoms with Gasteiger partial charge in [-0.3, -0.25) is 4.98 Å². The van der Waals surface area contributed by atoms with Crippen LogP contribution in [-0.4, -0.2) is 54.7 Å². The molecule has 2 aliphatic heterocycles. The second kappa shape index (κ2) is 11.1. The van der Waals surface area contributed by atoms with E-state index in [0.29, 0.717) is 5.56 Å². The molecule has 1 fully saturated rings. The molecule has 0 unspecified atom stereocenters. The smallest absolute Gasteiger partial charge is 0.337 e. The minimum Gasteiger partial charge on any atom is -0.465 e. The lowest BCUT2D eigenvalue weighted by atomic mass is 10.0. The van der Waals surface area contributed by atoms with Crippen LogP contribution in [0.15, 0.2) is 66.7 Å². The number of amides is 2. The van der Waals surface area contributed by atoms with Crippen LogP contribution in [0.4, 0.5) is 27.5 Å². The van der Waals surface area contributed by atoms with Crippen LogP contribution in [0.3, 0.4) is 0 Å². The van der Waals surface area contributed by atoms with Crippen molar-refractivity contribution in [2.45, 2.75) is 39.2 Å². The van der Waals surface area contributed by atoms with Gasteiger partial charge in [0.05, 0.1) is 18.2 Å². The maximum absolute atomic E-state index is 13.0. The van der Waals surface area contributed by atoms with E-state index in [1.165, 1.54) is 18.4 Å². The number of carbonyl (C=O) groups is 2. The fourth-order valence-electron chi connectivity index (χ4n) is 6.05. The number of methoxy groups -OCH3 is 1. The van der Waals surface area contributed by atoms with Gasteiger partial charge in [0, 0.05) is 59.5 Å². The first kappa shape index (κ1) is 26.6. The molecule has 210 valence electrons. The molecule has 2 amide bonds. The summed E-state index contributed by atoms with van der Waals surface area (Å²) in [5.41, 5.74) is 8.34. The minimum absolute atomic E-state index is 0.0107. The first-order chi connectivity index (χ1) is 19.9. The Balaban J connectivity index is 1.13. The molecule has 2 aliphatic rings. The monoisotopic (exact) mass is 549 g/mol. The summed E-state index contributed by atoms with van der Waals surface area (Å²) in [6.07, 6.45) is 2.75. The largest absolute Gasteiger partial charge is 0.465 e. The van der Waals surface area contributed by atoms with Crippen LogP contribution in [0.25, 0.3) is 10.9 Å². The fourth-order valence-corrected chi connectivity index (χ4v) is 6.05. The second-order valence-electron chi connectivity index (χ2n) is 10.9. The maximum Gasteiger partial charge on any atom is 0.337 e. The summed E-state index contributed by atoms with van der Waals surface area (Å²) in [4.78, 5) is 34.3. The Bertz CT molecular complexity index is 1610. The van der Waals surface area contributed by atoms with Crippen LogP contribution in [0.2, 0.25) is 0 Å². The van der Waals surface area contributed by atoms with Crippen molar-refractivity contribution in [3.05, 3.63) is 89.1 Å². The SMILES string of the molecule is COC(=O)c1cc(C)c2nc(C)cc(Nc3ccc(N4CCC(N5CCc6ccccc6NC5=O)CC4)cc3)c2c1. The highest BCUT2D eigenvalue weighted by atomic mass is 16.5. The molecule has 1 saturated heterocycles. The Morgan fingerprint density at radius 3 is 2.51 bits per heavy atom. The number of hydrogen-bond donors (Lipinski definition) is 2. The van der Waals surface area contributed by atoms with Crippen LogP contribution < -0.4 is 15.5 Å². The van der Waals surface area contributed by atoms with E-state index in [1.807, 2.05) is 55.1 Å². The molecule has 8 heteroatoms. The van der Waals surface area contributed by atoms with E-state index in [9.17, 15) is 9.59 Å². The quantitative estimate of drug-likeness (QED) is 0.279. The Kier molecular flexibility index (Phi) is 7.22. The molecule has 0 saturated carbocycles. The number of aryl methyl sites for hydroxylation is 2. The Morgan fingerprint density at radius 1 is 1.00 bits per heavy atom. The third kappa shape index (κ3) is 5.42. The highest BCUT2D eigenvalue weighted by Gasteiger charge is 2.30. The van der Waals surface area contributed by atoms with Gasteiger partial charge in [-0.25, -0.2) is 9.59 Å². The van der Waals surface area contributed by atoms with E-state index in [0.717, 1.165) is 78.1 Å². The predicted molar refractivity (Wildman–Crippen MR) is 163 cm³/mol. The molecule has 6 rings (SSSR count). The molecule has 41 heavy (non-hydrogen) atoms. The molecule has 0 aliphatic carbocycles. The van der Waals surface area contributed by atoms with Gasteiger partial charge in [-0.05, 0) is 92.8 Å². The number of anilines is 4. The maximum atomic E-state index is 13.0. The number of nitrogens with one attached hydrogen (secondary N) is 2. The number of carbonyl (C=O) groups excluding carboxylic acids is 2. The van der Waals surface area contributed by atoms with Crippen molar-refractivity contribution in [3.63, 3.8) is 0 Å². The first-order valence-electron chi connectivity index (χ1n) is 14.2. The molecule has 2 N–H and O–H groups in total. The Morgan fingerprint density at radius 2 is 1.76 bits per heavy atom. The van der Waals surface area contributed by atoms with E-state index >= 15 is 0 Å². The van der Waals surface area contributed by atoms with Crippen LogP contribution in [-0.2, 0) is 11.2 Å². The number of fused-ring (bicyclic) bond motifs is 2. The summed E-state index contributed by atoms with van der Waals surface area (Å²) in [5.74, 6) is -0.365. The van der Waals surface area contributed by atoms with E-state index in [1.54, 1.807) is 0 Å². The summed E-state index contributed by atoms with van der Waals surface area (Å²) in [5, 5.41) is 7.52. The van der Waals surface area contributed by atoms with Crippen molar-refractivity contribution < 1.29 is 14.3 Å². The fraction of sp³-hybridized carbons (Fsp3) is 0.303. The van der Waals surface area contributed by atoms with Gasteiger partial charge in [0.15, 0.2) is 0 Å². The number of hydrogen-bond acceptors (Lipinski definition) is 6. The summed E-state index contributed by atoms with van der Waals surface area (Å²) in [6.45, 7) is 6.48. The number of piperidine rings is 1. The Hall–Kier alpha value is -4.59. The molecule has 8 nitrogen and oxygen atoms in total. The lowest BCUT2D eigenvalue weighted by molar-refractivity contribution is 0.0600. The number of urea groups is 1.